The normalized spacial score (nSPS) is 10.9. The SMILES string of the molecule is C=CC(=O)N(C)c1ccc(OC)c(Nc2ncc(Cl)c(Nc3ccccc3P(C)(C)=O)n2)c1. The minimum Gasteiger partial charge on any atom is -0.495 e. The largest absolute Gasteiger partial charge is 0.495 e. The highest BCUT2D eigenvalue weighted by Crippen LogP contribution is 2.39. The molecule has 0 spiro atoms. The number of ether oxygens (including phenoxy) is 1. The van der Waals surface area contributed by atoms with Crippen LogP contribution >= 0.6 is 18.7 Å². The Kier molecular flexibility index (Phi) is 7.41. The number of amides is 1. The summed E-state index contributed by atoms with van der Waals surface area (Å²) in [5.74, 6) is 0.894. The highest BCUT2D eigenvalue weighted by molar-refractivity contribution is 7.70. The van der Waals surface area contributed by atoms with E-state index in [1.165, 1.54) is 17.2 Å². The van der Waals surface area contributed by atoms with Gasteiger partial charge in [-0.3, -0.25) is 4.79 Å². The fraction of sp³-hybridized carbons (Fsp3) is 0.174. The van der Waals surface area contributed by atoms with E-state index in [4.69, 9.17) is 16.3 Å². The molecule has 1 amide bonds. The molecule has 172 valence electrons. The summed E-state index contributed by atoms with van der Waals surface area (Å²) in [6.07, 6.45) is 2.70. The minimum absolute atomic E-state index is 0.247. The number of rotatable bonds is 8. The molecule has 0 atom stereocenters. The number of carbonyl (C=O) groups excluding carboxylic acids is 1. The minimum atomic E-state index is -2.53. The van der Waals surface area contributed by atoms with Crippen molar-refractivity contribution in [1.29, 1.82) is 0 Å². The van der Waals surface area contributed by atoms with E-state index in [2.05, 4.69) is 27.2 Å². The van der Waals surface area contributed by atoms with Crippen molar-refractivity contribution in [2.45, 2.75) is 0 Å². The van der Waals surface area contributed by atoms with Crippen LogP contribution in [0, 0.1) is 0 Å². The molecule has 0 aliphatic rings. The molecule has 8 nitrogen and oxygen atoms in total. The molecule has 2 N–H and O–H groups in total. The van der Waals surface area contributed by atoms with Crippen LogP contribution in [-0.4, -0.2) is 43.4 Å². The van der Waals surface area contributed by atoms with Gasteiger partial charge in [0.05, 0.1) is 24.7 Å². The van der Waals surface area contributed by atoms with Gasteiger partial charge in [0.25, 0.3) is 0 Å². The van der Waals surface area contributed by atoms with Gasteiger partial charge in [-0.2, -0.15) is 4.98 Å². The summed E-state index contributed by atoms with van der Waals surface area (Å²) in [6, 6.07) is 12.5. The lowest BCUT2D eigenvalue weighted by atomic mass is 10.2. The van der Waals surface area contributed by atoms with Gasteiger partial charge in [-0.25, -0.2) is 4.98 Å². The lowest BCUT2D eigenvalue weighted by Gasteiger charge is -2.19. The number of hydrogen-bond donors (Lipinski definition) is 2. The molecule has 3 rings (SSSR count). The van der Waals surface area contributed by atoms with Crippen molar-refractivity contribution in [3.8, 4) is 5.75 Å². The molecule has 0 aliphatic heterocycles. The molecule has 2 aromatic carbocycles. The number of para-hydroxylation sites is 1. The summed E-state index contributed by atoms with van der Waals surface area (Å²) < 4.78 is 18.1. The van der Waals surface area contributed by atoms with E-state index in [1.807, 2.05) is 24.3 Å². The van der Waals surface area contributed by atoms with E-state index < -0.39 is 7.14 Å². The number of carbonyl (C=O) groups is 1. The lowest BCUT2D eigenvalue weighted by Crippen LogP contribution is -2.23. The molecule has 0 aliphatic carbocycles. The third-order valence-electron chi connectivity index (χ3n) is 4.80. The first-order valence-corrected chi connectivity index (χ1v) is 12.9. The highest BCUT2D eigenvalue weighted by Gasteiger charge is 2.18. The Morgan fingerprint density at radius 3 is 2.58 bits per heavy atom. The molecule has 0 fully saturated rings. The standard InChI is InChI=1S/C23H25ClN5O3P/c1-6-21(30)29(2)15-11-12-19(32-3)18(13-15)27-23-25-14-16(24)22(28-23)26-17-9-7-8-10-20(17)33(4,5)31/h6-14H,1H2,2-5H3,(H2,25,26,27,28). The summed E-state index contributed by atoms with van der Waals surface area (Å²) in [7, 11) is 0.656. The van der Waals surface area contributed by atoms with E-state index in [9.17, 15) is 9.36 Å². The molecule has 0 unspecified atom stereocenters. The van der Waals surface area contributed by atoms with Gasteiger partial charge in [0.2, 0.25) is 11.9 Å². The second-order valence-corrected chi connectivity index (χ2v) is 11.1. The van der Waals surface area contributed by atoms with E-state index in [0.717, 1.165) is 0 Å². The molecular formula is C23H25ClN5O3P. The zero-order valence-corrected chi connectivity index (χ0v) is 20.4. The van der Waals surface area contributed by atoms with E-state index >= 15 is 0 Å². The summed E-state index contributed by atoms with van der Waals surface area (Å²) in [5.41, 5.74) is 1.84. The topological polar surface area (TPSA) is 96.5 Å². The van der Waals surface area contributed by atoms with Crippen molar-refractivity contribution in [3.63, 3.8) is 0 Å². The Morgan fingerprint density at radius 2 is 1.91 bits per heavy atom. The van der Waals surface area contributed by atoms with Crippen LogP contribution in [0.4, 0.5) is 28.8 Å². The van der Waals surface area contributed by atoms with Crippen LogP contribution in [0.2, 0.25) is 5.02 Å². The molecule has 1 aromatic heterocycles. The molecule has 0 saturated carbocycles. The number of halogens is 1. The molecule has 0 bridgehead atoms. The summed E-state index contributed by atoms with van der Waals surface area (Å²) in [5, 5.41) is 7.27. The third kappa shape index (κ3) is 5.72. The van der Waals surface area contributed by atoms with E-state index in [1.54, 1.807) is 45.7 Å². The quantitative estimate of drug-likeness (QED) is 0.341. The zero-order chi connectivity index (χ0) is 24.2. The molecule has 0 radical (unpaired) electrons. The predicted octanol–water partition coefficient (Wildman–Crippen LogP) is 5.02. The molecule has 0 saturated heterocycles. The van der Waals surface area contributed by atoms with Gasteiger partial charge in [-0.1, -0.05) is 30.3 Å². The fourth-order valence-electron chi connectivity index (χ4n) is 3.08. The number of methoxy groups -OCH3 is 1. The molecular weight excluding hydrogens is 461 g/mol. The number of hydrogen-bond acceptors (Lipinski definition) is 7. The number of nitrogens with zero attached hydrogens (tertiary/aromatic N) is 3. The third-order valence-corrected chi connectivity index (χ3v) is 6.63. The number of likely N-dealkylation sites (N-methyl/N-ethyl adjacent to an activating group) is 1. The van der Waals surface area contributed by atoms with Crippen molar-refractivity contribution in [1.82, 2.24) is 9.97 Å². The summed E-state index contributed by atoms with van der Waals surface area (Å²) in [6.45, 7) is 6.92. The number of nitrogens with one attached hydrogen (secondary N) is 2. The predicted molar refractivity (Wildman–Crippen MR) is 136 cm³/mol. The van der Waals surface area contributed by atoms with Crippen LogP contribution < -0.4 is 25.6 Å². The maximum absolute atomic E-state index is 12.7. The average molecular weight is 486 g/mol. The second-order valence-electron chi connectivity index (χ2n) is 7.49. The second kappa shape index (κ2) is 10.1. The Bertz CT molecular complexity index is 1240. The average Bonchev–Trinajstić information content (AvgIpc) is 2.79. The van der Waals surface area contributed by atoms with Crippen LogP contribution in [0.5, 0.6) is 5.75 Å². The van der Waals surface area contributed by atoms with Crippen LogP contribution in [-0.2, 0) is 9.36 Å². The summed E-state index contributed by atoms with van der Waals surface area (Å²) >= 11 is 6.33. The van der Waals surface area contributed by atoms with Gasteiger partial charge < -0.3 is 24.8 Å². The molecule has 33 heavy (non-hydrogen) atoms. The zero-order valence-electron chi connectivity index (χ0n) is 18.8. The Morgan fingerprint density at radius 1 is 1.18 bits per heavy atom. The smallest absolute Gasteiger partial charge is 0.250 e. The Balaban J connectivity index is 1.95. The summed E-state index contributed by atoms with van der Waals surface area (Å²) in [4.78, 5) is 22.2. The van der Waals surface area contributed by atoms with E-state index in [0.29, 0.717) is 39.0 Å². The van der Waals surface area contributed by atoms with Crippen LogP contribution in [0.1, 0.15) is 0 Å². The van der Waals surface area contributed by atoms with Gasteiger partial charge in [0, 0.05) is 18.0 Å². The van der Waals surface area contributed by atoms with Crippen molar-refractivity contribution in [3.05, 3.63) is 66.3 Å². The maximum Gasteiger partial charge on any atom is 0.250 e. The Labute approximate surface area is 198 Å². The fourth-order valence-corrected chi connectivity index (χ4v) is 4.37. The van der Waals surface area contributed by atoms with Crippen LogP contribution in [0.25, 0.3) is 0 Å². The van der Waals surface area contributed by atoms with Gasteiger partial charge in [-0.05, 0) is 49.7 Å². The van der Waals surface area contributed by atoms with Gasteiger partial charge in [0.1, 0.15) is 17.9 Å². The lowest BCUT2D eigenvalue weighted by molar-refractivity contribution is -0.113. The van der Waals surface area contributed by atoms with Crippen molar-refractivity contribution in [2.75, 3.05) is 43.0 Å². The molecule has 10 heteroatoms. The number of anilines is 5. The van der Waals surface area contributed by atoms with Gasteiger partial charge >= 0.3 is 0 Å². The maximum atomic E-state index is 12.7. The first-order valence-electron chi connectivity index (χ1n) is 9.93. The first-order chi connectivity index (χ1) is 15.6. The van der Waals surface area contributed by atoms with Crippen LogP contribution in [0.3, 0.4) is 0 Å². The first kappa shape index (κ1) is 24.3. The van der Waals surface area contributed by atoms with E-state index in [-0.39, 0.29) is 11.9 Å². The molecule has 1 heterocycles. The highest BCUT2D eigenvalue weighted by atomic mass is 35.5. The van der Waals surface area contributed by atoms with Gasteiger partial charge in [0.15, 0.2) is 5.82 Å². The molecule has 3 aromatic rings. The monoisotopic (exact) mass is 485 g/mol. The van der Waals surface area contributed by atoms with Crippen molar-refractivity contribution in [2.24, 2.45) is 0 Å². The van der Waals surface area contributed by atoms with Gasteiger partial charge in [-0.15, -0.1) is 0 Å². The number of aromatic nitrogens is 2. The van der Waals surface area contributed by atoms with Crippen molar-refractivity contribution >= 4 is 58.8 Å². The number of benzene rings is 2. The van der Waals surface area contributed by atoms with Crippen LogP contribution in [0.15, 0.2) is 61.3 Å². The van der Waals surface area contributed by atoms with Crippen molar-refractivity contribution < 1.29 is 14.1 Å². The Hall–Kier alpha value is -3.35.